The van der Waals surface area contributed by atoms with Crippen molar-refractivity contribution in [2.45, 2.75) is 25.3 Å². The fourth-order valence-electron chi connectivity index (χ4n) is 2.63. The SMILES string of the molecule is NC(Cc1ccccc1F)c1ccc2c(c1)CCCO2. The molecule has 1 aliphatic rings. The first-order chi connectivity index (χ1) is 9.74. The van der Waals surface area contributed by atoms with Gasteiger partial charge < -0.3 is 10.5 Å². The zero-order chi connectivity index (χ0) is 13.9. The Balaban J connectivity index is 1.80. The van der Waals surface area contributed by atoms with Gasteiger partial charge in [-0.3, -0.25) is 0 Å². The summed E-state index contributed by atoms with van der Waals surface area (Å²) in [4.78, 5) is 0. The Hall–Kier alpha value is -1.87. The maximum absolute atomic E-state index is 13.7. The number of nitrogens with two attached hydrogens (primary N) is 1. The van der Waals surface area contributed by atoms with Crippen molar-refractivity contribution in [1.82, 2.24) is 0 Å². The van der Waals surface area contributed by atoms with E-state index in [0.29, 0.717) is 12.0 Å². The maximum Gasteiger partial charge on any atom is 0.126 e. The topological polar surface area (TPSA) is 35.2 Å². The molecule has 2 nitrogen and oxygen atoms in total. The summed E-state index contributed by atoms with van der Waals surface area (Å²) < 4.78 is 19.3. The van der Waals surface area contributed by atoms with E-state index >= 15 is 0 Å². The third-order valence-electron chi connectivity index (χ3n) is 3.76. The summed E-state index contributed by atoms with van der Waals surface area (Å²) in [5.74, 6) is 0.766. The van der Waals surface area contributed by atoms with Crippen LogP contribution in [0.5, 0.6) is 5.75 Å². The number of ether oxygens (including phenoxy) is 1. The van der Waals surface area contributed by atoms with Crippen LogP contribution in [0.15, 0.2) is 42.5 Å². The van der Waals surface area contributed by atoms with Gasteiger partial charge in [0.25, 0.3) is 0 Å². The van der Waals surface area contributed by atoms with Gasteiger partial charge >= 0.3 is 0 Å². The van der Waals surface area contributed by atoms with Crippen LogP contribution in [0.2, 0.25) is 0 Å². The number of rotatable bonds is 3. The van der Waals surface area contributed by atoms with E-state index in [1.165, 1.54) is 11.6 Å². The first-order valence-corrected chi connectivity index (χ1v) is 6.98. The lowest BCUT2D eigenvalue weighted by Crippen LogP contribution is -2.16. The highest BCUT2D eigenvalue weighted by Crippen LogP contribution is 2.28. The number of benzene rings is 2. The summed E-state index contributed by atoms with van der Waals surface area (Å²) in [5, 5.41) is 0. The van der Waals surface area contributed by atoms with Crippen molar-refractivity contribution in [1.29, 1.82) is 0 Å². The van der Waals surface area contributed by atoms with Crippen LogP contribution in [0, 0.1) is 5.82 Å². The van der Waals surface area contributed by atoms with E-state index in [0.717, 1.165) is 30.8 Å². The van der Waals surface area contributed by atoms with Gasteiger partial charge in [-0.2, -0.15) is 0 Å². The number of aryl methyl sites for hydroxylation is 1. The Morgan fingerprint density at radius 2 is 2.05 bits per heavy atom. The number of halogens is 1. The Morgan fingerprint density at radius 1 is 1.20 bits per heavy atom. The van der Waals surface area contributed by atoms with Crippen molar-refractivity contribution >= 4 is 0 Å². The molecule has 0 radical (unpaired) electrons. The molecule has 0 spiro atoms. The van der Waals surface area contributed by atoms with Gasteiger partial charge in [0.2, 0.25) is 0 Å². The smallest absolute Gasteiger partial charge is 0.126 e. The fraction of sp³-hybridized carbons (Fsp3) is 0.294. The van der Waals surface area contributed by atoms with E-state index in [1.54, 1.807) is 12.1 Å². The lowest BCUT2D eigenvalue weighted by Gasteiger charge is -2.20. The fourth-order valence-corrected chi connectivity index (χ4v) is 2.63. The molecule has 0 aromatic heterocycles. The molecule has 2 aromatic carbocycles. The van der Waals surface area contributed by atoms with Crippen LogP contribution in [0.1, 0.15) is 29.2 Å². The molecule has 1 unspecified atom stereocenters. The molecule has 1 atom stereocenters. The molecule has 0 amide bonds. The average Bonchev–Trinajstić information content (AvgIpc) is 2.49. The van der Waals surface area contributed by atoms with Crippen molar-refractivity contribution < 1.29 is 9.13 Å². The highest BCUT2D eigenvalue weighted by molar-refractivity contribution is 5.40. The zero-order valence-electron chi connectivity index (χ0n) is 11.3. The molecule has 2 N–H and O–H groups in total. The van der Waals surface area contributed by atoms with Gasteiger partial charge in [0.15, 0.2) is 0 Å². The van der Waals surface area contributed by atoms with E-state index in [4.69, 9.17) is 10.5 Å². The van der Waals surface area contributed by atoms with Gasteiger partial charge in [-0.25, -0.2) is 4.39 Å². The minimum absolute atomic E-state index is 0.191. The normalized spacial score (nSPS) is 15.3. The van der Waals surface area contributed by atoms with Crippen molar-refractivity contribution in [2.75, 3.05) is 6.61 Å². The largest absolute Gasteiger partial charge is 0.493 e. The van der Waals surface area contributed by atoms with Crippen LogP contribution in [-0.4, -0.2) is 6.61 Å². The van der Waals surface area contributed by atoms with E-state index in [1.807, 2.05) is 18.2 Å². The van der Waals surface area contributed by atoms with Gasteiger partial charge in [0.05, 0.1) is 6.61 Å². The Kier molecular flexibility index (Phi) is 3.70. The monoisotopic (exact) mass is 271 g/mol. The predicted molar refractivity (Wildman–Crippen MR) is 77.3 cm³/mol. The molecule has 0 fully saturated rings. The maximum atomic E-state index is 13.7. The van der Waals surface area contributed by atoms with Crippen LogP contribution >= 0.6 is 0 Å². The lowest BCUT2D eigenvalue weighted by atomic mass is 9.95. The summed E-state index contributed by atoms with van der Waals surface area (Å²) in [7, 11) is 0. The molecular weight excluding hydrogens is 253 g/mol. The van der Waals surface area contributed by atoms with Crippen LogP contribution in [0.25, 0.3) is 0 Å². The van der Waals surface area contributed by atoms with Crippen molar-refractivity contribution in [3.8, 4) is 5.75 Å². The molecule has 3 heteroatoms. The third-order valence-corrected chi connectivity index (χ3v) is 3.76. The lowest BCUT2D eigenvalue weighted by molar-refractivity contribution is 0.288. The molecule has 0 saturated heterocycles. The quantitative estimate of drug-likeness (QED) is 0.928. The first-order valence-electron chi connectivity index (χ1n) is 6.98. The number of fused-ring (bicyclic) bond motifs is 1. The minimum atomic E-state index is -0.195. The standard InChI is InChI=1S/C17H18FNO/c18-15-6-2-1-4-12(15)11-16(19)13-7-8-17-14(10-13)5-3-9-20-17/h1-2,4,6-8,10,16H,3,5,9,11,19H2. The molecule has 3 rings (SSSR count). The summed E-state index contributed by atoms with van der Waals surface area (Å²) in [6.45, 7) is 0.785. The second-order valence-electron chi connectivity index (χ2n) is 5.22. The molecule has 1 heterocycles. The van der Waals surface area contributed by atoms with Crippen LogP contribution in [0.4, 0.5) is 4.39 Å². The molecule has 0 saturated carbocycles. The summed E-state index contributed by atoms with van der Waals surface area (Å²) in [6, 6.07) is 12.7. The van der Waals surface area contributed by atoms with Crippen molar-refractivity contribution in [2.24, 2.45) is 5.73 Å². The predicted octanol–water partition coefficient (Wildman–Crippen LogP) is 3.39. The van der Waals surface area contributed by atoms with Crippen LogP contribution in [0.3, 0.4) is 0 Å². The Labute approximate surface area is 118 Å². The summed E-state index contributed by atoms with van der Waals surface area (Å²) in [6.07, 6.45) is 2.57. The van der Waals surface area contributed by atoms with Crippen LogP contribution < -0.4 is 10.5 Å². The third kappa shape index (κ3) is 2.68. The second-order valence-corrected chi connectivity index (χ2v) is 5.22. The molecule has 20 heavy (non-hydrogen) atoms. The zero-order valence-corrected chi connectivity index (χ0v) is 11.3. The Morgan fingerprint density at radius 3 is 2.90 bits per heavy atom. The average molecular weight is 271 g/mol. The van der Waals surface area contributed by atoms with E-state index < -0.39 is 0 Å². The van der Waals surface area contributed by atoms with Gasteiger partial charge in [-0.15, -0.1) is 0 Å². The highest BCUT2D eigenvalue weighted by Gasteiger charge is 2.15. The molecule has 104 valence electrons. The number of hydrogen-bond acceptors (Lipinski definition) is 2. The Bertz CT molecular complexity index is 612. The van der Waals surface area contributed by atoms with Gasteiger partial charge in [0, 0.05) is 6.04 Å². The van der Waals surface area contributed by atoms with E-state index in [-0.39, 0.29) is 11.9 Å². The number of hydrogen-bond donors (Lipinski definition) is 1. The molecule has 0 bridgehead atoms. The van der Waals surface area contributed by atoms with Gasteiger partial charge in [-0.1, -0.05) is 30.3 Å². The highest BCUT2D eigenvalue weighted by atomic mass is 19.1. The molecule has 2 aromatic rings. The minimum Gasteiger partial charge on any atom is -0.493 e. The molecular formula is C17H18FNO. The van der Waals surface area contributed by atoms with Gasteiger partial charge in [-0.05, 0) is 48.1 Å². The van der Waals surface area contributed by atoms with Crippen LogP contribution in [-0.2, 0) is 12.8 Å². The van der Waals surface area contributed by atoms with Crippen molar-refractivity contribution in [3.05, 3.63) is 65.0 Å². The molecule has 1 aliphatic heterocycles. The molecule has 0 aliphatic carbocycles. The summed E-state index contributed by atoms with van der Waals surface area (Å²) >= 11 is 0. The van der Waals surface area contributed by atoms with Gasteiger partial charge in [0.1, 0.15) is 11.6 Å². The summed E-state index contributed by atoms with van der Waals surface area (Å²) in [5.41, 5.74) is 9.13. The second kappa shape index (κ2) is 5.63. The van der Waals surface area contributed by atoms with E-state index in [9.17, 15) is 4.39 Å². The van der Waals surface area contributed by atoms with E-state index in [2.05, 4.69) is 6.07 Å². The van der Waals surface area contributed by atoms with Crippen molar-refractivity contribution in [3.63, 3.8) is 0 Å². The first kappa shape index (κ1) is 13.1.